The average Bonchev–Trinajstić information content (AvgIpc) is 1.87. The first-order chi connectivity index (χ1) is 5.02. The SMILES string of the molecule is C=C/C=C\C(=C/C)C(F)(F)F. The lowest BCUT2D eigenvalue weighted by Gasteiger charge is -2.05. The van der Waals surface area contributed by atoms with Crippen molar-refractivity contribution in [1.29, 1.82) is 0 Å². The van der Waals surface area contributed by atoms with Crippen LogP contribution in [0.4, 0.5) is 13.2 Å². The molecule has 0 nitrogen and oxygen atoms in total. The van der Waals surface area contributed by atoms with Crippen LogP contribution in [-0.4, -0.2) is 6.18 Å². The summed E-state index contributed by atoms with van der Waals surface area (Å²) in [5, 5.41) is 0. The van der Waals surface area contributed by atoms with Crippen LogP contribution in [-0.2, 0) is 0 Å². The van der Waals surface area contributed by atoms with Crippen LogP contribution in [0.3, 0.4) is 0 Å². The maximum Gasteiger partial charge on any atom is 0.416 e. The van der Waals surface area contributed by atoms with Gasteiger partial charge in [0.05, 0.1) is 5.57 Å². The Morgan fingerprint density at radius 3 is 2.18 bits per heavy atom. The van der Waals surface area contributed by atoms with E-state index in [-0.39, 0.29) is 0 Å². The van der Waals surface area contributed by atoms with Crippen LogP contribution in [0.25, 0.3) is 0 Å². The topological polar surface area (TPSA) is 0 Å². The molecule has 0 radical (unpaired) electrons. The van der Waals surface area contributed by atoms with Gasteiger partial charge in [-0.2, -0.15) is 13.2 Å². The van der Waals surface area contributed by atoms with Gasteiger partial charge in [0.1, 0.15) is 0 Å². The summed E-state index contributed by atoms with van der Waals surface area (Å²) in [5.41, 5.74) is -0.655. The first-order valence-electron chi connectivity index (χ1n) is 3.05. The molecule has 0 fully saturated rings. The Morgan fingerprint density at radius 2 is 1.91 bits per heavy atom. The number of hydrogen-bond donors (Lipinski definition) is 0. The van der Waals surface area contributed by atoms with E-state index in [1.165, 1.54) is 19.1 Å². The molecule has 0 aromatic rings. The van der Waals surface area contributed by atoms with E-state index in [2.05, 4.69) is 6.58 Å². The zero-order chi connectivity index (χ0) is 8.91. The van der Waals surface area contributed by atoms with Crippen LogP contribution in [0.15, 0.2) is 36.5 Å². The van der Waals surface area contributed by atoms with E-state index in [0.29, 0.717) is 0 Å². The number of rotatable bonds is 2. The van der Waals surface area contributed by atoms with Gasteiger partial charge in [-0.1, -0.05) is 30.9 Å². The van der Waals surface area contributed by atoms with Gasteiger partial charge in [-0.3, -0.25) is 0 Å². The molecule has 11 heavy (non-hydrogen) atoms. The quantitative estimate of drug-likeness (QED) is 0.547. The predicted molar refractivity (Wildman–Crippen MR) is 39.1 cm³/mol. The Balaban J connectivity index is 4.45. The van der Waals surface area contributed by atoms with E-state index in [1.54, 1.807) is 0 Å². The minimum atomic E-state index is -4.26. The zero-order valence-corrected chi connectivity index (χ0v) is 6.15. The molecule has 0 aromatic carbocycles. The molecule has 0 heterocycles. The van der Waals surface area contributed by atoms with Crippen molar-refractivity contribution in [3.63, 3.8) is 0 Å². The van der Waals surface area contributed by atoms with Gasteiger partial charge in [0.25, 0.3) is 0 Å². The van der Waals surface area contributed by atoms with Gasteiger partial charge < -0.3 is 0 Å². The minimum absolute atomic E-state index is 0.655. The molecule has 0 saturated heterocycles. The Morgan fingerprint density at radius 1 is 1.36 bits per heavy atom. The summed E-state index contributed by atoms with van der Waals surface area (Å²) in [4.78, 5) is 0. The standard InChI is InChI=1S/C8H9F3/c1-3-5-6-7(4-2)8(9,10)11/h3-6H,1H2,2H3/b6-5-,7-4+. The van der Waals surface area contributed by atoms with Crippen molar-refractivity contribution in [2.45, 2.75) is 13.1 Å². The average molecular weight is 162 g/mol. The van der Waals surface area contributed by atoms with Crippen molar-refractivity contribution in [3.8, 4) is 0 Å². The summed E-state index contributed by atoms with van der Waals surface area (Å²) < 4.78 is 35.7. The predicted octanol–water partition coefficient (Wildman–Crippen LogP) is 3.24. The molecular weight excluding hydrogens is 153 g/mol. The second kappa shape index (κ2) is 4.01. The number of hydrogen-bond acceptors (Lipinski definition) is 0. The molecular formula is C8H9F3. The summed E-state index contributed by atoms with van der Waals surface area (Å²) in [6.07, 6.45) is 0.291. The van der Waals surface area contributed by atoms with Gasteiger partial charge in [0.2, 0.25) is 0 Å². The van der Waals surface area contributed by atoms with Crippen molar-refractivity contribution in [1.82, 2.24) is 0 Å². The molecule has 62 valence electrons. The van der Waals surface area contributed by atoms with Crippen molar-refractivity contribution in [2.75, 3.05) is 0 Å². The number of allylic oxidation sites excluding steroid dienone is 5. The van der Waals surface area contributed by atoms with Gasteiger partial charge in [0, 0.05) is 0 Å². The molecule has 3 heteroatoms. The smallest absolute Gasteiger partial charge is 0.166 e. The molecule has 0 N–H and O–H groups in total. The molecule has 0 unspecified atom stereocenters. The molecule has 0 amide bonds. The van der Waals surface area contributed by atoms with Crippen LogP contribution >= 0.6 is 0 Å². The van der Waals surface area contributed by atoms with Crippen LogP contribution in [0.2, 0.25) is 0 Å². The molecule has 0 aliphatic heterocycles. The van der Waals surface area contributed by atoms with Crippen LogP contribution in [0.1, 0.15) is 6.92 Å². The summed E-state index contributed by atoms with van der Waals surface area (Å²) >= 11 is 0. The molecule has 0 rings (SSSR count). The zero-order valence-electron chi connectivity index (χ0n) is 6.15. The van der Waals surface area contributed by atoms with E-state index in [4.69, 9.17) is 0 Å². The summed E-state index contributed by atoms with van der Waals surface area (Å²) in [6.45, 7) is 4.61. The lowest BCUT2D eigenvalue weighted by atomic mass is 10.2. The van der Waals surface area contributed by atoms with Crippen LogP contribution < -0.4 is 0 Å². The first kappa shape index (κ1) is 10.0. The highest BCUT2D eigenvalue weighted by Gasteiger charge is 2.30. The van der Waals surface area contributed by atoms with E-state index in [0.717, 1.165) is 12.2 Å². The third kappa shape index (κ3) is 3.65. The molecule has 0 aromatic heterocycles. The summed E-state index contributed by atoms with van der Waals surface area (Å²) in [5.74, 6) is 0. The van der Waals surface area contributed by atoms with Crippen LogP contribution in [0.5, 0.6) is 0 Å². The van der Waals surface area contributed by atoms with E-state index >= 15 is 0 Å². The van der Waals surface area contributed by atoms with Crippen molar-refractivity contribution in [2.24, 2.45) is 0 Å². The lowest BCUT2D eigenvalue weighted by Crippen LogP contribution is -2.09. The van der Waals surface area contributed by atoms with Crippen molar-refractivity contribution >= 4 is 0 Å². The fourth-order valence-corrected chi connectivity index (χ4v) is 0.526. The maximum absolute atomic E-state index is 11.9. The maximum atomic E-state index is 11.9. The fraction of sp³-hybridized carbons (Fsp3) is 0.250. The van der Waals surface area contributed by atoms with E-state index in [9.17, 15) is 13.2 Å². The van der Waals surface area contributed by atoms with E-state index < -0.39 is 11.7 Å². The molecule has 0 aliphatic rings. The number of alkyl halides is 3. The molecule has 0 saturated carbocycles. The van der Waals surface area contributed by atoms with Crippen LogP contribution in [0, 0.1) is 0 Å². The second-order valence-corrected chi connectivity index (χ2v) is 1.84. The Hall–Kier alpha value is -0.990. The Labute approximate surface area is 63.7 Å². The van der Waals surface area contributed by atoms with Gasteiger partial charge in [-0.25, -0.2) is 0 Å². The monoisotopic (exact) mass is 162 g/mol. The molecule has 0 bridgehead atoms. The van der Waals surface area contributed by atoms with Crippen molar-refractivity contribution in [3.05, 3.63) is 36.5 Å². The molecule has 0 atom stereocenters. The first-order valence-corrected chi connectivity index (χ1v) is 3.05. The summed E-state index contributed by atoms with van der Waals surface area (Å²) in [7, 11) is 0. The van der Waals surface area contributed by atoms with Gasteiger partial charge in [-0.05, 0) is 6.92 Å². The van der Waals surface area contributed by atoms with E-state index in [1.807, 2.05) is 0 Å². The third-order valence-corrected chi connectivity index (χ3v) is 1.05. The van der Waals surface area contributed by atoms with Gasteiger partial charge in [0.15, 0.2) is 0 Å². The molecule has 0 spiro atoms. The second-order valence-electron chi connectivity index (χ2n) is 1.84. The minimum Gasteiger partial charge on any atom is -0.166 e. The van der Waals surface area contributed by atoms with Gasteiger partial charge in [-0.15, -0.1) is 0 Å². The lowest BCUT2D eigenvalue weighted by molar-refractivity contribution is -0.0883. The third-order valence-electron chi connectivity index (χ3n) is 1.05. The van der Waals surface area contributed by atoms with Crippen molar-refractivity contribution < 1.29 is 13.2 Å². The van der Waals surface area contributed by atoms with Gasteiger partial charge >= 0.3 is 6.18 Å². The highest BCUT2D eigenvalue weighted by molar-refractivity contribution is 5.25. The Bertz CT molecular complexity index is 184. The molecule has 0 aliphatic carbocycles. The number of halogens is 3. The summed E-state index contributed by atoms with van der Waals surface area (Å²) in [6, 6.07) is 0. The Kier molecular flexibility index (Phi) is 3.65. The largest absolute Gasteiger partial charge is 0.416 e. The highest BCUT2D eigenvalue weighted by atomic mass is 19.4. The normalized spacial score (nSPS) is 14.0. The fourth-order valence-electron chi connectivity index (χ4n) is 0.526. The highest BCUT2D eigenvalue weighted by Crippen LogP contribution is 2.26.